The molecule has 0 aliphatic heterocycles. The maximum Gasteiger partial charge on any atom is 0.269 e. The number of ether oxygens (including phenoxy) is 1. The molecule has 22 heavy (non-hydrogen) atoms. The first kappa shape index (κ1) is 16.0. The highest BCUT2D eigenvalue weighted by atomic mass is 16.6. The molecule has 0 saturated carbocycles. The van der Waals surface area contributed by atoms with E-state index in [2.05, 4.69) is 0 Å². The summed E-state index contributed by atoms with van der Waals surface area (Å²) >= 11 is 0. The Hall–Kier alpha value is -2.34. The van der Waals surface area contributed by atoms with Crippen LogP contribution in [0.3, 0.4) is 0 Å². The third-order valence-electron chi connectivity index (χ3n) is 3.38. The molecule has 2 unspecified atom stereocenters. The number of nitro benzene ring substituents is 1. The van der Waals surface area contributed by atoms with Gasteiger partial charge in [-0.25, -0.2) is 0 Å². The van der Waals surface area contributed by atoms with Gasteiger partial charge in [-0.15, -0.1) is 0 Å². The molecule has 1 N–H and O–H groups in total. The smallest absolute Gasteiger partial charge is 0.269 e. The number of aliphatic hydroxyl groups is 1. The Labute approximate surface area is 129 Å². The molecule has 2 aromatic rings. The van der Waals surface area contributed by atoms with Crippen molar-refractivity contribution in [3.05, 3.63) is 58.9 Å². The maximum absolute atomic E-state index is 10.7. The first-order valence-corrected chi connectivity index (χ1v) is 7.00. The molecule has 0 saturated heterocycles. The number of aliphatic hydroxyl groups excluding tert-OH is 1. The van der Waals surface area contributed by atoms with Crippen molar-refractivity contribution in [1.29, 1.82) is 0 Å². The predicted molar refractivity (Wildman–Crippen MR) is 82.7 cm³/mol. The average Bonchev–Trinajstić information content (AvgIpc) is 2.97. The summed E-state index contributed by atoms with van der Waals surface area (Å²) in [5.74, 6) is 0.465. The zero-order chi connectivity index (χ0) is 16.3. The Morgan fingerprint density at radius 1 is 1.18 bits per heavy atom. The van der Waals surface area contributed by atoms with Gasteiger partial charge in [0.25, 0.3) is 5.69 Å². The third-order valence-corrected chi connectivity index (χ3v) is 3.38. The monoisotopic (exact) mass is 304 g/mol. The van der Waals surface area contributed by atoms with Crippen molar-refractivity contribution in [1.82, 2.24) is 4.57 Å². The molecule has 6 nitrogen and oxygen atoms in total. The van der Waals surface area contributed by atoms with Gasteiger partial charge in [0.15, 0.2) is 0 Å². The molecule has 2 rings (SSSR count). The maximum atomic E-state index is 10.7. The molecule has 1 aromatic heterocycles. The van der Waals surface area contributed by atoms with Crippen molar-refractivity contribution in [3.63, 3.8) is 0 Å². The molecular formula is C16H20N2O4. The molecule has 0 spiro atoms. The van der Waals surface area contributed by atoms with Crippen LogP contribution >= 0.6 is 0 Å². The number of nitro groups is 1. The summed E-state index contributed by atoms with van der Waals surface area (Å²) in [7, 11) is 0. The first-order chi connectivity index (χ1) is 10.3. The van der Waals surface area contributed by atoms with Gasteiger partial charge in [0, 0.05) is 24.5 Å². The van der Waals surface area contributed by atoms with E-state index in [1.54, 1.807) is 4.57 Å². The predicted octanol–water partition coefficient (Wildman–Crippen LogP) is 3.38. The Kier molecular flexibility index (Phi) is 4.51. The minimum Gasteiger partial charge on any atom is -0.467 e. The minimum atomic E-state index is -0.755. The van der Waals surface area contributed by atoms with E-state index in [4.69, 9.17) is 4.74 Å². The molecule has 1 heterocycles. The lowest BCUT2D eigenvalue weighted by Crippen LogP contribution is -2.38. The summed E-state index contributed by atoms with van der Waals surface area (Å²) in [6, 6.07) is 9.52. The van der Waals surface area contributed by atoms with Crippen molar-refractivity contribution < 1.29 is 14.8 Å². The number of non-ortho nitro benzene ring substituents is 1. The lowest BCUT2D eigenvalue weighted by molar-refractivity contribution is -0.384. The highest BCUT2D eigenvalue weighted by Crippen LogP contribution is 2.31. The highest BCUT2D eigenvalue weighted by molar-refractivity contribution is 5.36. The van der Waals surface area contributed by atoms with Crippen LogP contribution in [-0.4, -0.2) is 20.7 Å². The zero-order valence-corrected chi connectivity index (χ0v) is 12.8. The molecule has 1 aromatic carbocycles. The molecule has 118 valence electrons. The van der Waals surface area contributed by atoms with Gasteiger partial charge in [-0.05, 0) is 29.7 Å². The summed E-state index contributed by atoms with van der Waals surface area (Å²) < 4.78 is 7.65. The van der Waals surface area contributed by atoms with Crippen LogP contribution in [0.5, 0.6) is 5.75 Å². The van der Waals surface area contributed by atoms with Gasteiger partial charge < -0.3 is 14.4 Å². The van der Waals surface area contributed by atoms with E-state index in [0.29, 0.717) is 5.75 Å². The second-order valence-corrected chi connectivity index (χ2v) is 6.20. The minimum absolute atomic E-state index is 0.00114. The van der Waals surface area contributed by atoms with Gasteiger partial charge in [-0.1, -0.05) is 20.8 Å². The quantitative estimate of drug-likeness (QED) is 0.678. The second kappa shape index (κ2) is 6.19. The molecule has 0 bridgehead atoms. The van der Waals surface area contributed by atoms with Gasteiger partial charge in [-0.3, -0.25) is 10.1 Å². The van der Waals surface area contributed by atoms with E-state index in [1.165, 1.54) is 24.3 Å². The SMILES string of the molecule is CC(C)(C)C(O)C(Oc1ccc([N+](=O)[O-])cc1)n1cccc1. The van der Waals surface area contributed by atoms with Crippen molar-refractivity contribution in [3.8, 4) is 5.75 Å². The number of hydrogen-bond donors (Lipinski definition) is 1. The molecule has 6 heteroatoms. The molecule has 2 atom stereocenters. The fourth-order valence-corrected chi connectivity index (χ4v) is 2.02. The van der Waals surface area contributed by atoms with Crippen molar-refractivity contribution >= 4 is 5.69 Å². The Morgan fingerprint density at radius 3 is 2.18 bits per heavy atom. The van der Waals surface area contributed by atoms with Crippen LogP contribution in [0.15, 0.2) is 48.8 Å². The summed E-state index contributed by atoms with van der Waals surface area (Å²) in [6.45, 7) is 5.77. The molecule has 0 radical (unpaired) electrons. The van der Waals surface area contributed by atoms with E-state index in [1.807, 2.05) is 45.3 Å². The summed E-state index contributed by atoms with van der Waals surface area (Å²) in [6.07, 6.45) is 2.25. The van der Waals surface area contributed by atoms with Gasteiger partial charge in [-0.2, -0.15) is 0 Å². The van der Waals surface area contributed by atoms with Gasteiger partial charge >= 0.3 is 0 Å². The molecule has 0 amide bonds. The standard InChI is InChI=1S/C16H20N2O4/c1-16(2,3)14(19)15(17-10-4-5-11-17)22-13-8-6-12(7-9-13)18(20)21/h4-11,14-15,19H,1-3H3. The van der Waals surface area contributed by atoms with E-state index in [9.17, 15) is 15.2 Å². The lowest BCUT2D eigenvalue weighted by Gasteiger charge is -2.33. The zero-order valence-electron chi connectivity index (χ0n) is 12.8. The number of hydrogen-bond acceptors (Lipinski definition) is 4. The first-order valence-electron chi connectivity index (χ1n) is 7.00. The highest BCUT2D eigenvalue weighted by Gasteiger charge is 2.33. The summed E-state index contributed by atoms with van der Waals surface area (Å²) in [5, 5.41) is 21.2. The fourth-order valence-electron chi connectivity index (χ4n) is 2.02. The third kappa shape index (κ3) is 3.65. The van der Waals surface area contributed by atoms with Gasteiger partial charge in [0.1, 0.15) is 11.9 Å². The van der Waals surface area contributed by atoms with Crippen molar-refractivity contribution in [2.75, 3.05) is 0 Å². The number of nitrogens with zero attached hydrogens (tertiary/aromatic N) is 2. The normalized spacial score (nSPS) is 14.4. The van der Waals surface area contributed by atoms with Crippen LogP contribution in [0.2, 0.25) is 0 Å². The van der Waals surface area contributed by atoms with Crippen LogP contribution in [0.4, 0.5) is 5.69 Å². The average molecular weight is 304 g/mol. The Morgan fingerprint density at radius 2 is 1.73 bits per heavy atom. The van der Waals surface area contributed by atoms with Crippen LogP contribution in [0, 0.1) is 15.5 Å². The van der Waals surface area contributed by atoms with Gasteiger partial charge in [0.2, 0.25) is 6.23 Å². The van der Waals surface area contributed by atoms with E-state index >= 15 is 0 Å². The van der Waals surface area contributed by atoms with Crippen LogP contribution < -0.4 is 4.74 Å². The number of benzene rings is 1. The lowest BCUT2D eigenvalue weighted by atomic mass is 9.88. The molecular weight excluding hydrogens is 284 g/mol. The molecule has 0 aliphatic rings. The number of rotatable bonds is 5. The molecule has 0 fully saturated rings. The van der Waals surface area contributed by atoms with Crippen molar-refractivity contribution in [2.24, 2.45) is 5.41 Å². The largest absolute Gasteiger partial charge is 0.467 e. The van der Waals surface area contributed by atoms with E-state index < -0.39 is 17.3 Å². The molecule has 0 aliphatic carbocycles. The van der Waals surface area contributed by atoms with E-state index in [-0.39, 0.29) is 11.1 Å². The van der Waals surface area contributed by atoms with Crippen LogP contribution in [0.25, 0.3) is 0 Å². The summed E-state index contributed by atoms with van der Waals surface area (Å²) in [5.41, 5.74) is -0.378. The number of aromatic nitrogens is 1. The topological polar surface area (TPSA) is 77.5 Å². The fraction of sp³-hybridized carbons (Fsp3) is 0.375. The Bertz CT molecular complexity index is 615. The van der Waals surface area contributed by atoms with Gasteiger partial charge in [0.05, 0.1) is 4.92 Å². The van der Waals surface area contributed by atoms with Crippen molar-refractivity contribution in [2.45, 2.75) is 33.1 Å². The summed E-state index contributed by atoms with van der Waals surface area (Å²) in [4.78, 5) is 10.2. The van der Waals surface area contributed by atoms with Crippen LogP contribution in [0.1, 0.15) is 27.0 Å². The van der Waals surface area contributed by atoms with Crippen LogP contribution in [-0.2, 0) is 0 Å². The van der Waals surface area contributed by atoms with E-state index in [0.717, 1.165) is 0 Å². The Balaban J connectivity index is 2.25. The second-order valence-electron chi connectivity index (χ2n) is 6.20.